The Balaban J connectivity index is 2.12. The summed E-state index contributed by atoms with van der Waals surface area (Å²) in [5.74, 6) is -0.667. The molecule has 0 aromatic carbocycles. The van der Waals surface area contributed by atoms with Gasteiger partial charge in [0.05, 0.1) is 12.6 Å². The Morgan fingerprint density at radius 1 is 1.50 bits per heavy atom. The number of nitrogens with one attached hydrogen (secondary N) is 1. The van der Waals surface area contributed by atoms with Crippen molar-refractivity contribution >= 4 is 11.9 Å². The topological polar surface area (TPSA) is 89.9 Å². The third kappa shape index (κ3) is 5.46. The lowest BCUT2D eigenvalue weighted by Crippen LogP contribution is -2.37. The fourth-order valence-corrected chi connectivity index (χ4v) is 2.13. The Morgan fingerprint density at radius 2 is 2.22 bits per heavy atom. The van der Waals surface area contributed by atoms with E-state index >= 15 is 0 Å². The minimum absolute atomic E-state index is 0.0772. The van der Waals surface area contributed by atoms with Gasteiger partial charge in [-0.1, -0.05) is 0 Å². The van der Waals surface area contributed by atoms with E-state index in [1.165, 1.54) is 0 Å². The van der Waals surface area contributed by atoms with E-state index in [4.69, 9.17) is 5.11 Å². The summed E-state index contributed by atoms with van der Waals surface area (Å²) in [7, 11) is 0. The maximum absolute atomic E-state index is 11.6. The van der Waals surface area contributed by atoms with Crippen LogP contribution in [-0.2, 0) is 9.59 Å². The number of hydrogen-bond donors (Lipinski definition) is 3. The van der Waals surface area contributed by atoms with E-state index in [1.54, 1.807) is 6.92 Å². The van der Waals surface area contributed by atoms with E-state index in [9.17, 15) is 14.7 Å². The SMILES string of the molecule is CC(O)C1CCN(CC(=O)NCCCC(=O)O)C1. The number of carboxylic acid groups (broad SMARTS) is 1. The van der Waals surface area contributed by atoms with Crippen molar-refractivity contribution in [1.29, 1.82) is 0 Å². The highest BCUT2D eigenvalue weighted by molar-refractivity contribution is 5.78. The summed E-state index contributed by atoms with van der Waals surface area (Å²) in [6, 6.07) is 0. The second-order valence-corrected chi connectivity index (χ2v) is 4.87. The lowest BCUT2D eigenvalue weighted by Gasteiger charge is -2.16. The predicted octanol–water partition coefficient (Wildman–Crippen LogP) is -0.330. The van der Waals surface area contributed by atoms with Gasteiger partial charge in [0.2, 0.25) is 5.91 Å². The van der Waals surface area contributed by atoms with Crippen LogP contribution in [0.4, 0.5) is 0 Å². The zero-order valence-corrected chi connectivity index (χ0v) is 10.8. The summed E-state index contributed by atoms with van der Waals surface area (Å²) >= 11 is 0. The number of amides is 1. The molecule has 0 aliphatic carbocycles. The van der Waals surface area contributed by atoms with Crippen molar-refractivity contribution < 1.29 is 19.8 Å². The molecule has 2 atom stereocenters. The Kier molecular flexibility index (Phi) is 6.07. The van der Waals surface area contributed by atoms with Gasteiger partial charge in [-0.25, -0.2) is 0 Å². The fraction of sp³-hybridized carbons (Fsp3) is 0.833. The second-order valence-electron chi connectivity index (χ2n) is 4.87. The Morgan fingerprint density at radius 3 is 2.78 bits per heavy atom. The number of likely N-dealkylation sites (tertiary alicyclic amines) is 1. The maximum Gasteiger partial charge on any atom is 0.303 e. The van der Waals surface area contributed by atoms with Crippen molar-refractivity contribution in [2.24, 2.45) is 5.92 Å². The Labute approximate surface area is 107 Å². The predicted molar refractivity (Wildman–Crippen MR) is 66.1 cm³/mol. The number of hydrogen-bond acceptors (Lipinski definition) is 4. The van der Waals surface area contributed by atoms with Crippen LogP contribution < -0.4 is 5.32 Å². The number of aliphatic hydroxyl groups excluding tert-OH is 1. The van der Waals surface area contributed by atoms with Gasteiger partial charge in [0, 0.05) is 19.5 Å². The molecule has 6 nitrogen and oxygen atoms in total. The van der Waals surface area contributed by atoms with Crippen molar-refractivity contribution in [3.8, 4) is 0 Å². The molecule has 1 fully saturated rings. The van der Waals surface area contributed by atoms with Crippen molar-refractivity contribution in [3.63, 3.8) is 0 Å². The minimum atomic E-state index is -0.844. The summed E-state index contributed by atoms with van der Waals surface area (Å²) < 4.78 is 0. The zero-order chi connectivity index (χ0) is 13.5. The fourth-order valence-electron chi connectivity index (χ4n) is 2.13. The van der Waals surface area contributed by atoms with Gasteiger partial charge >= 0.3 is 5.97 Å². The maximum atomic E-state index is 11.6. The van der Waals surface area contributed by atoms with Crippen LogP contribution in [0.25, 0.3) is 0 Å². The van der Waals surface area contributed by atoms with Crippen LogP contribution in [0.1, 0.15) is 26.2 Å². The standard InChI is InChI=1S/C12H22N2O4/c1-9(15)10-4-6-14(7-10)8-11(16)13-5-2-3-12(17)18/h9-10,15H,2-8H2,1H3,(H,13,16)(H,17,18). The molecule has 0 bridgehead atoms. The average molecular weight is 258 g/mol. The van der Waals surface area contributed by atoms with Crippen LogP contribution in [-0.4, -0.2) is 59.3 Å². The van der Waals surface area contributed by atoms with Gasteiger partial charge in [0.1, 0.15) is 0 Å². The number of rotatable bonds is 7. The van der Waals surface area contributed by atoms with Gasteiger partial charge in [-0.3, -0.25) is 14.5 Å². The zero-order valence-electron chi connectivity index (χ0n) is 10.8. The number of nitrogens with zero attached hydrogens (tertiary/aromatic N) is 1. The van der Waals surface area contributed by atoms with E-state index in [1.807, 2.05) is 4.90 Å². The molecule has 6 heteroatoms. The highest BCUT2D eigenvalue weighted by atomic mass is 16.4. The van der Waals surface area contributed by atoms with E-state index in [0.717, 1.165) is 19.5 Å². The molecule has 2 unspecified atom stereocenters. The van der Waals surface area contributed by atoms with Crippen LogP contribution in [0.2, 0.25) is 0 Å². The molecule has 18 heavy (non-hydrogen) atoms. The van der Waals surface area contributed by atoms with Crippen molar-refractivity contribution in [2.45, 2.75) is 32.3 Å². The van der Waals surface area contributed by atoms with Gasteiger partial charge < -0.3 is 15.5 Å². The first-order valence-electron chi connectivity index (χ1n) is 6.38. The van der Waals surface area contributed by atoms with Crippen LogP contribution in [0, 0.1) is 5.92 Å². The first-order chi connectivity index (χ1) is 8.49. The number of aliphatic carboxylic acids is 1. The van der Waals surface area contributed by atoms with Gasteiger partial charge in [-0.2, -0.15) is 0 Å². The van der Waals surface area contributed by atoms with Crippen LogP contribution in [0.3, 0.4) is 0 Å². The molecule has 1 heterocycles. The average Bonchev–Trinajstić information content (AvgIpc) is 2.72. The summed E-state index contributed by atoms with van der Waals surface area (Å²) in [6.45, 7) is 4.09. The lowest BCUT2D eigenvalue weighted by molar-refractivity contribution is -0.137. The number of aliphatic hydroxyl groups is 1. The largest absolute Gasteiger partial charge is 0.481 e. The number of carbonyl (C=O) groups is 2. The Hall–Kier alpha value is -1.14. The van der Waals surface area contributed by atoms with Gasteiger partial charge in [-0.15, -0.1) is 0 Å². The van der Waals surface area contributed by atoms with E-state index in [-0.39, 0.29) is 24.3 Å². The molecular formula is C12H22N2O4. The van der Waals surface area contributed by atoms with E-state index < -0.39 is 5.97 Å². The van der Waals surface area contributed by atoms with E-state index in [2.05, 4.69) is 5.32 Å². The molecule has 1 aliphatic heterocycles. The lowest BCUT2D eigenvalue weighted by atomic mass is 10.0. The molecule has 104 valence electrons. The van der Waals surface area contributed by atoms with Crippen molar-refractivity contribution in [3.05, 3.63) is 0 Å². The molecule has 0 saturated carbocycles. The Bertz CT molecular complexity index is 294. The monoisotopic (exact) mass is 258 g/mol. The second kappa shape index (κ2) is 7.33. The van der Waals surface area contributed by atoms with Crippen molar-refractivity contribution in [1.82, 2.24) is 10.2 Å². The quantitative estimate of drug-likeness (QED) is 0.544. The van der Waals surface area contributed by atoms with Gasteiger partial charge in [0.15, 0.2) is 0 Å². The molecule has 3 N–H and O–H groups in total. The normalized spacial score (nSPS) is 21.8. The molecule has 0 radical (unpaired) electrons. The molecule has 1 aliphatic rings. The van der Waals surface area contributed by atoms with Gasteiger partial charge in [0.25, 0.3) is 0 Å². The number of carbonyl (C=O) groups excluding carboxylic acids is 1. The summed E-state index contributed by atoms with van der Waals surface area (Å²) in [5.41, 5.74) is 0. The number of carboxylic acids is 1. The van der Waals surface area contributed by atoms with Crippen molar-refractivity contribution in [2.75, 3.05) is 26.2 Å². The minimum Gasteiger partial charge on any atom is -0.481 e. The molecule has 0 spiro atoms. The first kappa shape index (κ1) is 14.9. The van der Waals surface area contributed by atoms with Crippen LogP contribution in [0.5, 0.6) is 0 Å². The molecular weight excluding hydrogens is 236 g/mol. The van der Waals surface area contributed by atoms with Crippen LogP contribution in [0.15, 0.2) is 0 Å². The highest BCUT2D eigenvalue weighted by Crippen LogP contribution is 2.18. The summed E-state index contributed by atoms with van der Waals surface area (Å²) in [5, 5.41) is 20.6. The molecule has 1 amide bonds. The molecule has 1 rings (SSSR count). The third-order valence-electron chi connectivity index (χ3n) is 3.25. The molecule has 0 aromatic rings. The van der Waals surface area contributed by atoms with Crippen LogP contribution >= 0.6 is 0 Å². The van der Waals surface area contributed by atoms with Gasteiger partial charge in [-0.05, 0) is 32.2 Å². The summed E-state index contributed by atoms with van der Waals surface area (Å²) in [6.07, 6.45) is 1.13. The molecule has 0 aromatic heterocycles. The first-order valence-corrected chi connectivity index (χ1v) is 6.38. The molecule has 1 saturated heterocycles. The highest BCUT2D eigenvalue weighted by Gasteiger charge is 2.26. The smallest absolute Gasteiger partial charge is 0.303 e. The third-order valence-corrected chi connectivity index (χ3v) is 3.25. The summed E-state index contributed by atoms with van der Waals surface area (Å²) in [4.78, 5) is 23.9. The van der Waals surface area contributed by atoms with E-state index in [0.29, 0.717) is 19.5 Å².